The van der Waals surface area contributed by atoms with E-state index < -0.39 is 15.9 Å². The zero-order valence-corrected chi connectivity index (χ0v) is 14.3. The quantitative estimate of drug-likeness (QED) is 0.843. The minimum absolute atomic E-state index is 0.00918. The number of hydrogen-bond acceptors (Lipinski definition) is 6. The number of carbonyl (C=O) groups excluding carboxylic acids is 1. The molecule has 0 aromatic heterocycles. The number of fused-ring (bicyclic) bond motifs is 1. The largest absolute Gasteiger partial charge is 0.495 e. The fraction of sp³-hybridized carbons (Fsp3) is 0.500. The summed E-state index contributed by atoms with van der Waals surface area (Å²) in [7, 11) is -0.197. The number of piperazine rings is 1. The standard InChI is InChI=1S/C14H17ClN2O5S/c1-21-12-4-13(22-2)10(3-8(12)15)17-5-14(18)16-9-6-23(19,20)7-11(9)17/h3-4,9,11H,5-7H2,1-2H3,(H,16,18)/t9-,11+/m1/s1. The van der Waals surface area contributed by atoms with E-state index in [0.717, 1.165) is 0 Å². The van der Waals surface area contributed by atoms with E-state index in [4.69, 9.17) is 21.1 Å². The normalized spacial score (nSPS) is 25.7. The molecule has 7 nitrogen and oxygen atoms in total. The molecule has 1 aromatic rings. The maximum Gasteiger partial charge on any atom is 0.239 e. The number of rotatable bonds is 3. The van der Waals surface area contributed by atoms with Crippen molar-refractivity contribution < 1.29 is 22.7 Å². The number of methoxy groups -OCH3 is 2. The van der Waals surface area contributed by atoms with Crippen molar-refractivity contribution in [3.8, 4) is 11.5 Å². The fourth-order valence-corrected chi connectivity index (χ4v) is 5.29. The van der Waals surface area contributed by atoms with Gasteiger partial charge in [-0.1, -0.05) is 11.6 Å². The molecule has 2 aliphatic heterocycles. The van der Waals surface area contributed by atoms with Gasteiger partial charge in [-0.2, -0.15) is 0 Å². The first-order valence-corrected chi connectivity index (χ1v) is 9.22. The first kappa shape index (κ1) is 16.2. The Morgan fingerprint density at radius 3 is 2.57 bits per heavy atom. The molecule has 1 amide bonds. The van der Waals surface area contributed by atoms with E-state index in [0.29, 0.717) is 22.2 Å². The highest BCUT2D eigenvalue weighted by Crippen LogP contribution is 2.40. The molecule has 1 N–H and O–H groups in total. The van der Waals surface area contributed by atoms with Crippen LogP contribution in [0.5, 0.6) is 11.5 Å². The second-order valence-corrected chi connectivity index (χ2v) is 8.17. The number of benzene rings is 1. The predicted octanol–water partition coefficient (Wildman–Crippen LogP) is 0.459. The van der Waals surface area contributed by atoms with Crippen LogP contribution < -0.4 is 19.7 Å². The van der Waals surface area contributed by atoms with Gasteiger partial charge in [-0.15, -0.1) is 0 Å². The van der Waals surface area contributed by atoms with Gasteiger partial charge in [-0.25, -0.2) is 8.42 Å². The highest BCUT2D eigenvalue weighted by Gasteiger charge is 2.46. The monoisotopic (exact) mass is 360 g/mol. The lowest BCUT2D eigenvalue weighted by Crippen LogP contribution is -2.60. The SMILES string of the molecule is COc1cc(OC)c(N2CC(=O)N[C@@H]3CS(=O)(=O)C[C@@H]32)cc1Cl. The van der Waals surface area contributed by atoms with Gasteiger partial charge < -0.3 is 19.7 Å². The van der Waals surface area contributed by atoms with Gasteiger partial charge in [0.05, 0.1) is 55.1 Å². The number of sulfone groups is 1. The highest BCUT2D eigenvalue weighted by atomic mass is 35.5. The molecule has 3 rings (SSSR count). The molecule has 23 heavy (non-hydrogen) atoms. The average Bonchev–Trinajstić information content (AvgIpc) is 2.79. The summed E-state index contributed by atoms with van der Waals surface area (Å²) >= 11 is 6.19. The van der Waals surface area contributed by atoms with Crippen LogP contribution in [0.3, 0.4) is 0 Å². The summed E-state index contributed by atoms with van der Waals surface area (Å²) < 4.78 is 34.4. The van der Waals surface area contributed by atoms with Gasteiger partial charge >= 0.3 is 0 Å². The molecule has 2 aliphatic rings. The van der Waals surface area contributed by atoms with Gasteiger partial charge in [0.2, 0.25) is 5.91 Å². The topological polar surface area (TPSA) is 84.9 Å². The molecule has 0 aliphatic carbocycles. The summed E-state index contributed by atoms with van der Waals surface area (Å²) in [6, 6.07) is 2.51. The molecule has 0 bridgehead atoms. The van der Waals surface area contributed by atoms with Gasteiger partial charge in [-0.05, 0) is 6.07 Å². The van der Waals surface area contributed by atoms with Crippen LogP contribution in [0, 0.1) is 0 Å². The Hall–Kier alpha value is -1.67. The molecule has 0 saturated carbocycles. The molecule has 126 valence electrons. The van der Waals surface area contributed by atoms with Crippen molar-refractivity contribution >= 4 is 33.0 Å². The van der Waals surface area contributed by atoms with E-state index in [9.17, 15) is 13.2 Å². The lowest BCUT2D eigenvalue weighted by atomic mass is 10.1. The van der Waals surface area contributed by atoms with Crippen molar-refractivity contribution in [3.05, 3.63) is 17.2 Å². The van der Waals surface area contributed by atoms with Crippen LogP contribution in [-0.4, -0.2) is 58.7 Å². The smallest absolute Gasteiger partial charge is 0.239 e. The molecule has 2 heterocycles. The Bertz CT molecular complexity index is 752. The van der Waals surface area contributed by atoms with Crippen LogP contribution in [0.25, 0.3) is 0 Å². The predicted molar refractivity (Wildman–Crippen MR) is 86.3 cm³/mol. The molecule has 1 aromatic carbocycles. The zero-order valence-electron chi connectivity index (χ0n) is 12.7. The Morgan fingerprint density at radius 2 is 1.91 bits per heavy atom. The minimum Gasteiger partial charge on any atom is -0.495 e. The Kier molecular flexibility index (Phi) is 4.05. The summed E-state index contributed by atoms with van der Waals surface area (Å²) in [6.07, 6.45) is 0. The Morgan fingerprint density at radius 1 is 1.22 bits per heavy atom. The lowest BCUT2D eigenvalue weighted by molar-refractivity contribution is -0.121. The Balaban J connectivity index is 2.06. The van der Waals surface area contributed by atoms with Crippen molar-refractivity contribution in [1.82, 2.24) is 5.32 Å². The number of amides is 1. The van der Waals surface area contributed by atoms with Gasteiger partial charge in [0.1, 0.15) is 11.5 Å². The molecule has 0 spiro atoms. The van der Waals surface area contributed by atoms with E-state index in [2.05, 4.69) is 5.32 Å². The molecule has 2 fully saturated rings. The molecule has 2 saturated heterocycles. The number of ether oxygens (including phenoxy) is 2. The van der Waals surface area contributed by atoms with Crippen molar-refractivity contribution in [2.75, 3.05) is 37.2 Å². The van der Waals surface area contributed by atoms with Crippen molar-refractivity contribution in [3.63, 3.8) is 0 Å². The van der Waals surface area contributed by atoms with Crippen molar-refractivity contribution in [2.24, 2.45) is 0 Å². The van der Waals surface area contributed by atoms with E-state index in [1.54, 1.807) is 17.0 Å². The van der Waals surface area contributed by atoms with Crippen LogP contribution in [0.4, 0.5) is 5.69 Å². The summed E-state index contributed by atoms with van der Waals surface area (Å²) in [6.45, 7) is 0.0513. The van der Waals surface area contributed by atoms with E-state index in [-0.39, 0.29) is 30.0 Å². The number of carbonyl (C=O) groups is 1. The van der Waals surface area contributed by atoms with Gasteiger partial charge in [-0.3, -0.25) is 4.79 Å². The second kappa shape index (κ2) is 5.76. The molecule has 0 unspecified atom stereocenters. The van der Waals surface area contributed by atoms with Crippen LogP contribution in [0.15, 0.2) is 12.1 Å². The van der Waals surface area contributed by atoms with Crippen molar-refractivity contribution in [1.29, 1.82) is 0 Å². The first-order chi connectivity index (χ1) is 10.8. The highest BCUT2D eigenvalue weighted by molar-refractivity contribution is 7.91. The second-order valence-electron chi connectivity index (χ2n) is 5.60. The third kappa shape index (κ3) is 2.92. The van der Waals surface area contributed by atoms with Gasteiger partial charge in [0.25, 0.3) is 0 Å². The number of nitrogens with one attached hydrogen (secondary N) is 1. The summed E-state index contributed by atoms with van der Waals surface area (Å²) in [4.78, 5) is 13.7. The summed E-state index contributed by atoms with van der Waals surface area (Å²) in [5.74, 6) is 0.641. The molecular formula is C14H17ClN2O5S. The van der Waals surface area contributed by atoms with Crippen molar-refractivity contribution in [2.45, 2.75) is 12.1 Å². The average molecular weight is 361 g/mol. The minimum atomic E-state index is -3.19. The summed E-state index contributed by atoms with van der Waals surface area (Å²) in [5, 5.41) is 3.12. The lowest BCUT2D eigenvalue weighted by Gasteiger charge is -2.39. The third-order valence-corrected chi connectivity index (χ3v) is 6.16. The number of hydrogen-bond donors (Lipinski definition) is 1. The molecule has 9 heteroatoms. The van der Waals surface area contributed by atoms with Crippen LogP contribution in [-0.2, 0) is 14.6 Å². The number of nitrogens with zero attached hydrogens (tertiary/aromatic N) is 1. The maximum absolute atomic E-state index is 12.0. The summed E-state index contributed by atoms with van der Waals surface area (Å²) in [5.41, 5.74) is 0.584. The van der Waals surface area contributed by atoms with E-state index >= 15 is 0 Å². The number of halogens is 1. The Labute approximate surface area is 139 Å². The zero-order chi connectivity index (χ0) is 16.8. The fourth-order valence-electron chi connectivity index (χ4n) is 3.13. The van der Waals surface area contributed by atoms with Gasteiger partial charge in [0, 0.05) is 6.07 Å². The van der Waals surface area contributed by atoms with E-state index in [1.807, 2.05) is 0 Å². The van der Waals surface area contributed by atoms with Gasteiger partial charge in [0.15, 0.2) is 9.84 Å². The van der Waals surface area contributed by atoms with Crippen LogP contribution in [0.1, 0.15) is 0 Å². The maximum atomic E-state index is 12.0. The van der Waals surface area contributed by atoms with Crippen LogP contribution in [0.2, 0.25) is 5.02 Å². The van der Waals surface area contributed by atoms with E-state index in [1.165, 1.54) is 14.2 Å². The third-order valence-electron chi connectivity index (χ3n) is 4.15. The first-order valence-electron chi connectivity index (χ1n) is 7.02. The molecule has 0 radical (unpaired) electrons. The number of anilines is 1. The van der Waals surface area contributed by atoms with Crippen LogP contribution >= 0.6 is 11.6 Å². The molecular weight excluding hydrogens is 344 g/mol. The molecule has 2 atom stereocenters.